The normalized spacial score (nSPS) is 21.3. The Morgan fingerprint density at radius 2 is 0.889 bits per heavy atom. The zero-order valence-corrected chi connectivity index (χ0v) is 24.4. The lowest BCUT2D eigenvalue weighted by atomic mass is 9.86. The van der Waals surface area contributed by atoms with E-state index in [1.54, 1.807) is 21.5 Å². The third-order valence-corrected chi connectivity index (χ3v) is 15.3. The van der Waals surface area contributed by atoms with Crippen molar-refractivity contribution in [3.05, 3.63) is 131 Å². The molecule has 0 aromatic heterocycles. The molecule has 0 N–H and O–H groups in total. The Bertz CT molecular complexity index is 1190. The Morgan fingerprint density at radius 1 is 0.500 bits per heavy atom. The van der Waals surface area contributed by atoms with Crippen molar-refractivity contribution < 1.29 is 0 Å². The summed E-state index contributed by atoms with van der Waals surface area (Å²) in [5.74, 6) is 1.52. The van der Waals surface area contributed by atoms with Crippen molar-refractivity contribution in [2.45, 2.75) is 63.0 Å². The van der Waals surface area contributed by atoms with Crippen LogP contribution in [-0.2, 0) is 6.42 Å². The number of hydrogen-bond acceptors (Lipinski definition) is 0. The standard InChI is InChI=1S/C19H24Si.C15H16Si/c1-20(2)14-18(16-9-5-3-6-10-16)13-19(15-20)17-11-7-4-8-12-17;1-16(2)14-9-5-3-7-12(14)11-13-8-4-6-10-15(13)16/h3-12,18-19H,13-15H2,1-2H3;3-10H,11H2,1-2H3. The molecule has 0 radical (unpaired) electrons. The van der Waals surface area contributed by atoms with Crippen molar-refractivity contribution in [3.63, 3.8) is 0 Å². The molecular formula is C34H40Si2. The molecule has 2 atom stereocenters. The first-order chi connectivity index (χ1) is 17.3. The fourth-order valence-electron chi connectivity index (χ4n) is 6.80. The van der Waals surface area contributed by atoms with Crippen LogP contribution in [0.3, 0.4) is 0 Å². The summed E-state index contributed by atoms with van der Waals surface area (Å²) in [6, 6.07) is 43.1. The lowest BCUT2D eigenvalue weighted by Gasteiger charge is -2.39. The summed E-state index contributed by atoms with van der Waals surface area (Å²) in [5, 5.41) is 3.24. The van der Waals surface area contributed by atoms with Gasteiger partial charge in [-0.2, -0.15) is 0 Å². The van der Waals surface area contributed by atoms with Gasteiger partial charge in [0.15, 0.2) is 0 Å². The van der Waals surface area contributed by atoms with Crippen molar-refractivity contribution >= 4 is 26.5 Å². The number of hydrogen-bond donors (Lipinski definition) is 0. The third-order valence-electron chi connectivity index (χ3n) is 8.47. The van der Waals surface area contributed by atoms with Crippen LogP contribution in [0.25, 0.3) is 0 Å². The molecule has 4 aromatic rings. The minimum absolute atomic E-state index is 0.761. The molecule has 2 heterocycles. The van der Waals surface area contributed by atoms with Crippen LogP contribution in [-0.4, -0.2) is 16.1 Å². The minimum Gasteiger partial charge on any atom is -0.0693 e. The van der Waals surface area contributed by atoms with Crippen molar-refractivity contribution in [2.24, 2.45) is 0 Å². The van der Waals surface area contributed by atoms with Gasteiger partial charge in [-0.25, -0.2) is 0 Å². The Morgan fingerprint density at radius 3 is 1.33 bits per heavy atom. The number of benzene rings is 4. The Labute approximate surface area is 220 Å². The molecule has 0 aliphatic carbocycles. The molecule has 184 valence electrons. The van der Waals surface area contributed by atoms with E-state index in [2.05, 4.69) is 135 Å². The molecule has 1 fully saturated rings. The molecule has 0 spiro atoms. The average Bonchev–Trinajstić information content (AvgIpc) is 2.89. The lowest BCUT2D eigenvalue weighted by Crippen LogP contribution is -2.58. The van der Waals surface area contributed by atoms with Crippen LogP contribution in [0.1, 0.15) is 40.5 Å². The first-order valence-corrected chi connectivity index (χ1v) is 20.0. The summed E-state index contributed by atoms with van der Waals surface area (Å²) >= 11 is 0. The Kier molecular flexibility index (Phi) is 7.19. The van der Waals surface area contributed by atoms with Crippen LogP contribution in [0, 0.1) is 0 Å². The maximum absolute atomic E-state index is 2.57. The van der Waals surface area contributed by atoms with Gasteiger partial charge in [0, 0.05) is 8.07 Å². The SMILES string of the molecule is C[Si]1(C)CC(c2ccccc2)CC(c2ccccc2)C1.C[Si]1(C)c2ccccc2Cc2ccccc21. The number of fused-ring (bicyclic) bond motifs is 2. The summed E-state index contributed by atoms with van der Waals surface area (Å²) in [7, 11) is -2.51. The molecule has 2 heteroatoms. The van der Waals surface area contributed by atoms with Gasteiger partial charge in [0.05, 0.1) is 0 Å². The largest absolute Gasteiger partial charge is 0.112 e. The monoisotopic (exact) mass is 504 g/mol. The van der Waals surface area contributed by atoms with Gasteiger partial charge < -0.3 is 0 Å². The fraction of sp³-hybridized carbons (Fsp3) is 0.294. The molecule has 6 rings (SSSR count). The summed E-state index contributed by atoms with van der Waals surface area (Å²) < 4.78 is 0. The maximum atomic E-state index is 2.57. The molecule has 1 saturated heterocycles. The first-order valence-electron chi connectivity index (χ1n) is 13.6. The molecule has 0 saturated carbocycles. The zero-order valence-electron chi connectivity index (χ0n) is 22.4. The van der Waals surface area contributed by atoms with Crippen molar-refractivity contribution in [2.75, 3.05) is 0 Å². The quantitative estimate of drug-likeness (QED) is 0.242. The summed E-state index contributed by atoms with van der Waals surface area (Å²) in [4.78, 5) is 0. The van der Waals surface area contributed by atoms with Crippen LogP contribution in [0.5, 0.6) is 0 Å². The number of rotatable bonds is 2. The highest BCUT2D eigenvalue weighted by atomic mass is 28.3. The lowest BCUT2D eigenvalue weighted by molar-refractivity contribution is 0.551. The van der Waals surface area contributed by atoms with E-state index in [0.717, 1.165) is 18.3 Å². The van der Waals surface area contributed by atoms with Gasteiger partial charge in [-0.3, -0.25) is 0 Å². The van der Waals surface area contributed by atoms with Gasteiger partial charge in [0.1, 0.15) is 8.07 Å². The van der Waals surface area contributed by atoms with E-state index in [-0.39, 0.29) is 0 Å². The fourth-order valence-corrected chi connectivity index (χ4v) is 13.7. The third kappa shape index (κ3) is 5.35. The predicted molar refractivity (Wildman–Crippen MR) is 163 cm³/mol. The van der Waals surface area contributed by atoms with Gasteiger partial charge in [-0.05, 0) is 46.9 Å². The highest BCUT2D eigenvalue weighted by molar-refractivity contribution is 7.01. The predicted octanol–water partition coefficient (Wildman–Crippen LogP) is 8.08. The van der Waals surface area contributed by atoms with E-state index in [0.29, 0.717) is 0 Å². The summed E-state index contributed by atoms with van der Waals surface area (Å²) in [6.07, 6.45) is 2.44. The Balaban J connectivity index is 0.000000152. The second-order valence-electron chi connectivity index (χ2n) is 12.1. The van der Waals surface area contributed by atoms with E-state index in [9.17, 15) is 0 Å². The zero-order chi connectivity index (χ0) is 25.2. The molecule has 0 amide bonds. The smallest absolute Gasteiger partial charge is 0.0693 e. The van der Waals surface area contributed by atoms with E-state index in [4.69, 9.17) is 0 Å². The molecular weight excluding hydrogens is 465 g/mol. The van der Waals surface area contributed by atoms with Gasteiger partial charge in [-0.1, -0.05) is 158 Å². The molecule has 2 aliphatic rings. The van der Waals surface area contributed by atoms with Crippen LogP contribution in [0.15, 0.2) is 109 Å². The molecule has 4 aromatic carbocycles. The van der Waals surface area contributed by atoms with E-state index >= 15 is 0 Å². The van der Waals surface area contributed by atoms with Gasteiger partial charge >= 0.3 is 0 Å². The van der Waals surface area contributed by atoms with E-state index in [1.807, 2.05) is 0 Å². The van der Waals surface area contributed by atoms with Gasteiger partial charge in [0.25, 0.3) is 0 Å². The van der Waals surface area contributed by atoms with E-state index in [1.165, 1.54) is 29.6 Å². The topological polar surface area (TPSA) is 0 Å². The van der Waals surface area contributed by atoms with Gasteiger partial charge in [0.2, 0.25) is 0 Å². The second kappa shape index (κ2) is 10.4. The van der Waals surface area contributed by atoms with Crippen molar-refractivity contribution in [1.29, 1.82) is 0 Å². The molecule has 2 aliphatic heterocycles. The summed E-state index contributed by atoms with van der Waals surface area (Å²) in [5.41, 5.74) is 6.18. The maximum Gasteiger partial charge on any atom is 0.112 e. The minimum atomic E-state index is -1.43. The average molecular weight is 505 g/mol. The highest BCUT2D eigenvalue weighted by Crippen LogP contribution is 2.46. The first kappa shape index (κ1) is 25.0. The van der Waals surface area contributed by atoms with Crippen LogP contribution in [0.2, 0.25) is 38.3 Å². The van der Waals surface area contributed by atoms with Gasteiger partial charge in [-0.15, -0.1) is 0 Å². The van der Waals surface area contributed by atoms with Crippen LogP contribution < -0.4 is 10.4 Å². The van der Waals surface area contributed by atoms with Crippen molar-refractivity contribution in [1.82, 2.24) is 0 Å². The van der Waals surface area contributed by atoms with Crippen molar-refractivity contribution in [3.8, 4) is 0 Å². The molecule has 0 nitrogen and oxygen atoms in total. The van der Waals surface area contributed by atoms with Crippen LogP contribution in [0.4, 0.5) is 0 Å². The second-order valence-corrected chi connectivity index (χ2v) is 21.6. The summed E-state index contributed by atoms with van der Waals surface area (Å²) in [6.45, 7) is 10.1. The van der Waals surface area contributed by atoms with E-state index < -0.39 is 16.1 Å². The molecule has 2 unspecified atom stereocenters. The Hall–Kier alpha value is -2.69. The molecule has 36 heavy (non-hydrogen) atoms. The molecule has 0 bridgehead atoms. The van der Waals surface area contributed by atoms with Crippen LogP contribution >= 0.6 is 0 Å². The highest BCUT2D eigenvalue weighted by Gasteiger charge is 2.36.